The van der Waals surface area contributed by atoms with Gasteiger partial charge in [-0.05, 0) is 25.8 Å². The number of fused-ring (bicyclic) bond motifs is 1. The van der Waals surface area contributed by atoms with Crippen LogP contribution in [0.4, 0.5) is 0 Å². The van der Waals surface area contributed by atoms with Crippen LogP contribution in [0.3, 0.4) is 0 Å². The monoisotopic (exact) mass is 345 g/mol. The third kappa shape index (κ3) is 3.46. The first kappa shape index (κ1) is 16.7. The summed E-state index contributed by atoms with van der Waals surface area (Å²) < 4.78 is 0. The number of hydrogen-bond donors (Lipinski definition) is 1. The van der Waals surface area contributed by atoms with Crippen molar-refractivity contribution in [2.45, 2.75) is 33.4 Å². The Bertz CT molecular complexity index is 989. The highest BCUT2D eigenvalue weighted by Crippen LogP contribution is 2.20. The topological polar surface area (TPSA) is 49.0 Å². The average molecular weight is 345 g/mol. The molecule has 4 rings (SSSR count). The third-order valence-corrected chi connectivity index (χ3v) is 4.97. The summed E-state index contributed by atoms with van der Waals surface area (Å²) in [5.41, 5.74) is 6.46. The summed E-state index contributed by atoms with van der Waals surface area (Å²) in [6, 6.07) is 16.7. The lowest BCUT2D eigenvalue weighted by molar-refractivity contribution is 0.240. The van der Waals surface area contributed by atoms with Crippen LogP contribution in [0.2, 0.25) is 0 Å². The van der Waals surface area contributed by atoms with E-state index in [1.165, 1.54) is 16.7 Å². The normalized spacial score (nSPS) is 14.2. The van der Waals surface area contributed by atoms with Crippen molar-refractivity contribution < 1.29 is 0 Å². The smallest absolute Gasteiger partial charge is 0.254 e. The fourth-order valence-corrected chi connectivity index (χ4v) is 3.55. The molecule has 2 heterocycles. The summed E-state index contributed by atoms with van der Waals surface area (Å²) in [6.07, 6.45) is 0.748. The number of aromatic nitrogens is 2. The van der Waals surface area contributed by atoms with E-state index in [1.807, 2.05) is 24.3 Å². The van der Waals surface area contributed by atoms with Crippen LogP contribution in [0.1, 0.15) is 27.9 Å². The van der Waals surface area contributed by atoms with Crippen molar-refractivity contribution in [3.05, 3.63) is 86.8 Å². The van der Waals surface area contributed by atoms with Crippen molar-refractivity contribution in [3.63, 3.8) is 0 Å². The molecular weight excluding hydrogens is 322 g/mol. The molecule has 1 aliphatic rings. The zero-order valence-electron chi connectivity index (χ0n) is 15.2. The summed E-state index contributed by atoms with van der Waals surface area (Å²) in [5, 5.41) is 0. The van der Waals surface area contributed by atoms with Crippen LogP contribution in [-0.4, -0.2) is 21.4 Å². The van der Waals surface area contributed by atoms with E-state index in [4.69, 9.17) is 4.98 Å². The Morgan fingerprint density at radius 3 is 2.65 bits per heavy atom. The molecule has 3 aromatic rings. The van der Waals surface area contributed by atoms with Gasteiger partial charge in [0.25, 0.3) is 5.56 Å². The molecule has 0 fully saturated rings. The molecular formula is C22H23N3O. The van der Waals surface area contributed by atoms with Crippen LogP contribution in [0, 0.1) is 13.8 Å². The van der Waals surface area contributed by atoms with Gasteiger partial charge in [0.2, 0.25) is 0 Å². The van der Waals surface area contributed by atoms with E-state index in [0.29, 0.717) is 12.4 Å². The maximum Gasteiger partial charge on any atom is 0.254 e. The molecule has 4 nitrogen and oxygen atoms in total. The van der Waals surface area contributed by atoms with Crippen molar-refractivity contribution in [3.8, 4) is 11.4 Å². The second-order valence-corrected chi connectivity index (χ2v) is 7.16. The van der Waals surface area contributed by atoms with Gasteiger partial charge < -0.3 is 4.98 Å². The molecule has 0 saturated carbocycles. The number of nitrogens with zero attached hydrogens (tertiary/aromatic N) is 2. The maximum absolute atomic E-state index is 12.5. The molecule has 1 aliphatic heterocycles. The lowest BCUT2D eigenvalue weighted by Crippen LogP contribution is -2.35. The van der Waals surface area contributed by atoms with Crippen LogP contribution in [0.5, 0.6) is 0 Å². The quantitative estimate of drug-likeness (QED) is 0.789. The molecule has 0 unspecified atom stereocenters. The Morgan fingerprint density at radius 2 is 1.88 bits per heavy atom. The van der Waals surface area contributed by atoms with Crippen molar-refractivity contribution in [2.24, 2.45) is 0 Å². The van der Waals surface area contributed by atoms with Crippen LogP contribution >= 0.6 is 0 Å². The van der Waals surface area contributed by atoms with Gasteiger partial charge >= 0.3 is 0 Å². The third-order valence-electron chi connectivity index (χ3n) is 4.97. The minimum Gasteiger partial charge on any atom is -0.306 e. The number of aromatic amines is 1. The SMILES string of the molecule is Cc1ccc(-c2nc3c(c(=O)[nH]2)CCN(Cc2cccc(C)c2)C3)cc1. The van der Waals surface area contributed by atoms with Gasteiger partial charge in [-0.3, -0.25) is 9.69 Å². The predicted octanol–water partition coefficient (Wildman–Crippen LogP) is 3.61. The van der Waals surface area contributed by atoms with E-state index in [2.05, 4.69) is 48.0 Å². The maximum atomic E-state index is 12.5. The highest BCUT2D eigenvalue weighted by Gasteiger charge is 2.21. The Morgan fingerprint density at radius 1 is 1.08 bits per heavy atom. The van der Waals surface area contributed by atoms with Crippen molar-refractivity contribution in [2.75, 3.05) is 6.54 Å². The van der Waals surface area contributed by atoms with Gasteiger partial charge in [-0.1, -0.05) is 59.7 Å². The zero-order chi connectivity index (χ0) is 18.1. The number of aryl methyl sites for hydroxylation is 2. The number of hydrogen-bond acceptors (Lipinski definition) is 3. The number of rotatable bonds is 3. The molecule has 26 heavy (non-hydrogen) atoms. The van der Waals surface area contributed by atoms with Gasteiger partial charge in [-0.25, -0.2) is 4.98 Å². The number of benzene rings is 2. The molecule has 0 aliphatic carbocycles. The highest BCUT2D eigenvalue weighted by atomic mass is 16.1. The summed E-state index contributed by atoms with van der Waals surface area (Å²) in [5.74, 6) is 0.658. The van der Waals surface area contributed by atoms with Gasteiger partial charge in [0, 0.05) is 30.8 Å². The summed E-state index contributed by atoms with van der Waals surface area (Å²) in [6.45, 7) is 6.65. The van der Waals surface area contributed by atoms with Crippen LogP contribution in [0.25, 0.3) is 11.4 Å². The Hall–Kier alpha value is -2.72. The van der Waals surface area contributed by atoms with Gasteiger partial charge in [0.05, 0.1) is 5.69 Å². The number of nitrogens with one attached hydrogen (secondary N) is 1. The first-order chi connectivity index (χ1) is 12.6. The van der Waals surface area contributed by atoms with Gasteiger partial charge in [0.15, 0.2) is 0 Å². The van der Waals surface area contributed by atoms with E-state index in [9.17, 15) is 4.79 Å². The van der Waals surface area contributed by atoms with Gasteiger partial charge in [-0.2, -0.15) is 0 Å². The van der Waals surface area contributed by atoms with Crippen LogP contribution in [0.15, 0.2) is 53.3 Å². The van der Waals surface area contributed by atoms with E-state index in [1.54, 1.807) is 0 Å². The molecule has 0 amide bonds. The molecule has 0 spiro atoms. The summed E-state index contributed by atoms with van der Waals surface area (Å²) >= 11 is 0. The first-order valence-corrected chi connectivity index (χ1v) is 9.05. The lowest BCUT2D eigenvalue weighted by atomic mass is 10.0. The van der Waals surface area contributed by atoms with Crippen molar-refractivity contribution in [1.82, 2.24) is 14.9 Å². The fourth-order valence-electron chi connectivity index (χ4n) is 3.55. The molecule has 0 radical (unpaired) electrons. The van der Waals surface area contributed by atoms with Crippen molar-refractivity contribution >= 4 is 0 Å². The van der Waals surface area contributed by atoms with E-state index >= 15 is 0 Å². The molecule has 0 bridgehead atoms. The molecule has 2 aromatic carbocycles. The van der Waals surface area contributed by atoms with E-state index < -0.39 is 0 Å². The van der Waals surface area contributed by atoms with Crippen molar-refractivity contribution in [1.29, 1.82) is 0 Å². The largest absolute Gasteiger partial charge is 0.306 e. The molecule has 1 aromatic heterocycles. The molecule has 0 saturated heterocycles. The Kier molecular flexibility index (Phi) is 4.43. The minimum absolute atomic E-state index is 0.000723. The second-order valence-electron chi connectivity index (χ2n) is 7.16. The van der Waals surface area contributed by atoms with Gasteiger partial charge in [-0.15, -0.1) is 0 Å². The lowest BCUT2D eigenvalue weighted by Gasteiger charge is -2.27. The summed E-state index contributed by atoms with van der Waals surface area (Å²) in [4.78, 5) is 22.6. The van der Waals surface area contributed by atoms with Crippen LogP contribution in [-0.2, 0) is 19.5 Å². The molecule has 0 atom stereocenters. The standard InChI is InChI=1S/C22H23N3O/c1-15-6-8-18(9-7-15)21-23-20-14-25(11-10-19(20)22(26)24-21)13-17-5-3-4-16(2)12-17/h3-9,12H,10-11,13-14H2,1-2H3,(H,23,24,26). The minimum atomic E-state index is 0.000723. The molecule has 4 heteroatoms. The Labute approximate surface area is 153 Å². The average Bonchev–Trinajstić information content (AvgIpc) is 2.62. The van der Waals surface area contributed by atoms with Gasteiger partial charge in [0.1, 0.15) is 5.82 Å². The van der Waals surface area contributed by atoms with E-state index in [0.717, 1.165) is 36.3 Å². The Balaban J connectivity index is 1.61. The van der Waals surface area contributed by atoms with E-state index in [-0.39, 0.29) is 5.56 Å². The highest BCUT2D eigenvalue weighted by molar-refractivity contribution is 5.55. The first-order valence-electron chi connectivity index (χ1n) is 9.05. The summed E-state index contributed by atoms with van der Waals surface area (Å²) in [7, 11) is 0. The zero-order valence-corrected chi connectivity index (χ0v) is 15.2. The number of H-pyrrole nitrogens is 1. The molecule has 132 valence electrons. The fraction of sp³-hybridized carbons (Fsp3) is 0.273. The predicted molar refractivity (Wildman–Crippen MR) is 104 cm³/mol. The second kappa shape index (κ2) is 6.89. The molecule has 1 N–H and O–H groups in total. The van der Waals surface area contributed by atoms with Crippen LogP contribution < -0.4 is 5.56 Å².